The Bertz CT molecular complexity index is 597. The molecule has 1 fully saturated rings. The first kappa shape index (κ1) is 17.1. The fourth-order valence-corrected chi connectivity index (χ4v) is 2.72. The topological polar surface area (TPSA) is 73.9 Å². The van der Waals surface area contributed by atoms with Gasteiger partial charge in [0, 0.05) is 6.54 Å². The zero-order valence-corrected chi connectivity index (χ0v) is 14.0. The number of carbonyl (C=O) groups excluding carboxylic acids is 2. The molecule has 0 saturated carbocycles. The second-order valence-corrected chi connectivity index (χ2v) is 6.06. The number of hydrogen-bond acceptors (Lipinski definition) is 5. The van der Waals surface area contributed by atoms with E-state index in [4.69, 9.17) is 14.2 Å². The van der Waals surface area contributed by atoms with Gasteiger partial charge in [0.1, 0.15) is 5.60 Å². The van der Waals surface area contributed by atoms with E-state index in [0.717, 1.165) is 5.56 Å². The SMILES string of the molecule is COc1ccc(CCNC(=O)[C@H]2CC(=O)OC2(C)C)cc1OC. The molecule has 0 aliphatic carbocycles. The lowest BCUT2D eigenvalue weighted by molar-refractivity contribution is -0.147. The van der Waals surface area contributed by atoms with Crippen molar-refractivity contribution in [3.63, 3.8) is 0 Å². The van der Waals surface area contributed by atoms with Gasteiger partial charge in [0.2, 0.25) is 5.91 Å². The van der Waals surface area contributed by atoms with E-state index in [-0.39, 0.29) is 18.3 Å². The lowest BCUT2D eigenvalue weighted by atomic mass is 9.90. The molecule has 0 spiro atoms. The molecule has 2 rings (SSSR count). The monoisotopic (exact) mass is 321 g/mol. The van der Waals surface area contributed by atoms with Crippen LogP contribution in [0.15, 0.2) is 18.2 Å². The highest BCUT2D eigenvalue weighted by Gasteiger charge is 2.45. The van der Waals surface area contributed by atoms with Gasteiger partial charge in [-0.1, -0.05) is 6.07 Å². The van der Waals surface area contributed by atoms with Gasteiger partial charge in [0.15, 0.2) is 11.5 Å². The van der Waals surface area contributed by atoms with Gasteiger partial charge in [0.05, 0.1) is 26.6 Å². The molecule has 0 unspecified atom stereocenters. The Morgan fingerprint density at radius 2 is 2.00 bits per heavy atom. The van der Waals surface area contributed by atoms with Crippen LogP contribution >= 0.6 is 0 Å². The van der Waals surface area contributed by atoms with E-state index in [0.29, 0.717) is 24.5 Å². The van der Waals surface area contributed by atoms with Crippen molar-refractivity contribution in [1.82, 2.24) is 5.32 Å². The summed E-state index contributed by atoms with van der Waals surface area (Å²) in [5, 5.41) is 2.87. The maximum Gasteiger partial charge on any atom is 0.307 e. The second-order valence-electron chi connectivity index (χ2n) is 6.06. The Balaban J connectivity index is 1.90. The van der Waals surface area contributed by atoms with Crippen molar-refractivity contribution in [2.45, 2.75) is 32.3 Å². The van der Waals surface area contributed by atoms with Gasteiger partial charge in [-0.15, -0.1) is 0 Å². The zero-order valence-electron chi connectivity index (χ0n) is 14.0. The van der Waals surface area contributed by atoms with Crippen LogP contribution in [0.2, 0.25) is 0 Å². The van der Waals surface area contributed by atoms with E-state index < -0.39 is 11.5 Å². The number of hydrogen-bond donors (Lipinski definition) is 1. The fourth-order valence-electron chi connectivity index (χ4n) is 2.72. The summed E-state index contributed by atoms with van der Waals surface area (Å²) in [7, 11) is 3.17. The van der Waals surface area contributed by atoms with E-state index in [2.05, 4.69) is 5.32 Å². The molecular formula is C17H23NO5. The second kappa shape index (κ2) is 6.89. The van der Waals surface area contributed by atoms with Crippen molar-refractivity contribution in [2.24, 2.45) is 5.92 Å². The van der Waals surface area contributed by atoms with Crippen LogP contribution in [0.5, 0.6) is 11.5 Å². The van der Waals surface area contributed by atoms with Crippen molar-refractivity contribution < 1.29 is 23.8 Å². The van der Waals surface area contributed by atoms with Crippen LogP contribution in [0.1, 0.15) is 25.8 Å². The molecule has 1 heterocycles. The van der Waals surface area contributed by atoms with E-state index in [1.165, 1.54) is 0 Å². The molecule has 1 amide bonds. The van der Waals surface area contributed by atoms with Crippen LogP contribution in [-0.2, 0) is 20.7 Å². The summed E-state index contributed by atoms with van der Waals surface area (Å²) in [5.41, 5.74) is 0.283. The molecule has 1 aliphatic heterocycles. The summed E-state index contributed by atoms with van der Waals surface area (Å²) in [5.74, 6) is 0.410. The van der Waals surface area contributed by atoms with Crippen molar-refractivity contribution >= 4 is 11.9 Å². The van der Waals surface area contributed by atoms with Gasteiger partial charge < -0.3 is 19.5 Å². The molecule has 1 N–H and O–H groups in total. The number of methoxy groups -OCH3 is 2. The zero-order chi connectivity index (χ0) is 17.0. The summed E-state index contributed by atoms with van der Waals surface area (Å²) < 4.78 is 15.6. The van der Waals surface area contributed by atoms with Gasteiger partial charge in [0.25, 0.3) is 0 Å². The summed E-state index contributed by atoms with van der Waals surface area (Å²) in [6, 6.07) is 5.65. The maximum atomic E-state index is 12.2. The van der Waals surface area contributed by atoms with Gasteiger partial charge in [-0.05, 0) is 38.0 Å². The number of rotatable bonds is 6. The van der Waals surface area contributed by atoms with Crippen LogP contribution < -0.4 is 14.8 Å². The predicted molar refractivity (Wildman–Crippen MR) is 84.5 cm³/mol. The Morgan fingerprint density at radius 1 is 1.30 bits per heavy atom. The molecule has 6 heteroatoms. The Labute approximate surface area is 136 Å². The number of cyclic esters (lactones) is 1. The number of nitrogens with one attached hydrogen (secondary N) is 1. The molecule has 1 aromatic carbocycles. The van der Waals surface area contributed by atoms with Crippen molar-refractivity contribution in [2.75, 3.05) is 20.8 Å². The summed E-state index contributed by atoms with van der Waals surface area (Å²) in [6.07, 6.45) is 0.795. The Hall–Kier alpha value is -2.24. The van der Waals surface area contributed by atoms with E-state index >= 15 is 0 Å². The molecule has 126 valence electrons. The Kier molecular flexibility index (Phi) is 5.13. The van der Waals surface area contributed by atoms with Gasteiger partial charge in [-0.3, -0.25) is 9.59 Å². The van der Waals surface area contributed by atoms with Crippen LogP contribution in [0, 0.1) is 5.92 Å². The third-order valence-corrected chi connectivity index (χ3v) is 4.06. The summed E-state index contributed by atoms with van der Waals surface area (Å²) in [6.45, 7) is 4.00. The molecule has 1 aromatic rings. The number of ether oxygens (including phenoxy) is 3. The molecule has 0 bridgehead atoms. The molecule has 0 radical (unpaired) electrons. The highest BCUT2D eigenvalue weighted by atomic mass is 16.6. The third-order valence-electron chi connectivity index (χ3n) is 4.06. The van der Waals surface area contributed by atoms with E-state index in [9.17, 15) is 9.59 Å². The average Bonchev–Trinajstić information content (AvgIpc) is 2.79. The Morgan fingerprint density at radius 3 is 2.57 bits per heavy atom. The van der Waals surface area contributed by atoms with E-state index in [1.807, 2.05) is 18.2 Å². The molecule has 1 saturated heterocycles. The largest absolute Gasteiger partial charge is 0.493 e. The molecule has 1 atom stereocenters. The first-order valence-electron chi connectivity index (χ1n) is 7.58. The van der Waals surface area contributed by atoms with Crippen molar-refractivity contribution in [1.29, 1.82) is 0 Å². The number of carbonyl (C=O) groups is 2. The quantitative estimate of drug-likeness (QED) is 0.807. The lowest BCUT2D eigenvalue weighted by Gasteiger charge is -2.23. The molecular weight excluding hydrogens is 298 g/mol. The van der Waals surface area contributed by atoms with Crippen molar-refractivity contribution in [3.8, 4) is 11.5 Å². The number of amides is 1. The normalized spacial score (nSPS) is 19.1. The molecule has 23 heavy (non-hydrogen) atoms. The lowest BCUT2D eigenvalue weighted by Crippen LogP contribution is -2.41. The predicted octanol–water partition coefficient (Wildman–Crippen LogP) is 1.70. The molecule has 6 nitrogen and oxygen atoms in total. The van der Waals surface area contributed by atoms with Crippen LogP contribution in [0.25, 0.3) is 0 Å². The smallest absolute Gasteiger partial charge is 0.307 e. The highest BCUT2D eigenvalue weighted by molar-refractivity contribution is 5.87. The first-order valence-corrected chi connectivity index (χ1v) is 7.58. The average molecular weight is 321 g/mol. The van der Waals surface area contributed by atoms with Crippen molar-refractivity contribution in [3.05, 3.63) is 23.8 Å². The third kappa shape index (κ3) is 3.94. The summed E-state index contributed by atoms with van der Waals surface area (Å²) >= 11 is 0. The number of esters is 1. The minimum Gasteiger partial charge on any atom is -0.493 e. The summed E-state index contributed by atoms with van der Waals surface area (Å²) in [4.78, 5) is 23.6. The van der Waals surface area contributed by atoms with Crippen LogP contribution in [-0.4, -0.2) is 38.2 Å². The fraction of sp³-hybridized carbons (Fsp3) is 0.529. The number of benzene rings is 1. The molecule has 1 aliphatic rings. The van der Waals surface area contributed by atoms with Crippen LogP contribution in [0.4, 0.5) is 0 Å². The van der Waals surface area contributed by atoms with Gasteiger partial charge in [-0.2, -0.15) is 0 Å². The standard InChI is InChI=1S/C17H23NO5/c1-17(2)12(10-15(19)23-17)16(20)18-8-7-11-5-6-13(21-3)14(9-11)22-4/h5-6,9,12H,7-8,10H2,1-4H3,(H,18,20)/t12-/m1/s1. The van der Waals surface area contributed by atoms with E-state index in [1.54, 1.807) is 28.1 Å². The first-order chi connectivity index (χ1) is 10.9. The van der Waals surface area contributed by atoms with Gasteiger partial charge >= 0.3 is 5.97 Å². The van der Waals surface area contributed by atoms with Gasteiger partial charge in [-0.25, -0.2) is 0 Å². The minimum absolute atomic E-state index is 0.134. The highest BCUT2D eigenvalue weighted by Crippen LogP contribution is 2.32. The molecule has 0 aromatic heterocycles. The minimum atomic E-state index is -0.746. The maximum absolute atomic E-state index is 12.2. The van der Waals surface area contributed by atoms with Crippen LogP contribution in [0.3, 0.4) is 0 Å².